The first kappa shape index (κ1) is 12.6. The van der Waals surface area contributed by atoms with Gasteiger partial charge in [0.15, 0.2) is 4.90 Å². The first-order valence-electron chi connectivity index (χ1n) is 5.66. The largest absolute Gasteiger partial charge is 0.459 e. The number of nitrogens with two attached hydrogens (primary N) is 1. The maximum atomic E-state index is 12.0. The first-order valence-corrected chi connectivity index (χ1v) is 6.89. The summed E-state index contributed by atoms with van der Waals surface area (Å²) in [4.78, 5) is 17.8. The molecule has 5 heteroatoms. The quantitative estimate of drug-likeness (QED) is 0.683. The lowest BCUT2D eigenvalue weighted by Gasteiger charge is -1.98. The molecule has 1 heterocycles. The third-order valence-corrected chi connectivity index (χ3v) is 4.58. The molecule has 1 aromatic heterocycles. The van der Waals surface area contributed by atoms with E-state index in [-0.39, 0.29) is 5.97 Å². The molecule has 0 spiro atoms. The van der Waals surface area contributed by atoms with E-state index in [0.717, 1.165) is 4.90 Å². The molecule has 4 nitrogen and oxygen atoms in total. The summed E-state index contributed by atoms with van der Waals surface area (Å²) in [6.45, 7) is 3.92. The normalized spacial score (nSPS) is 11.3. The molecule has 0 saturated carbocycles. The van der Waals surface area contributed by atoms with Gasteiger partial charge in [-0.05, 0) is 26.0 Å². The molecule has 94 valence electrons. The van der Waals surface area contributed by atoms with Crippen LogP contribution in [-0.4, -0.2) is 17.6 Å². The number of rotatable bonds is 3. The van der Waals surface area contributed by atoms with Crippen molar-refractivity contribution < 1.29 is 9.53 Å². The highest BCUT2D eigenvalue weighted by molar-refractivity contribution is 7.43. The van der Waals surface area contributed by atoms with Crippen molar-refractivity contribution in [1.82, 2.24) is 4.98 Å². The highest BCUT2D eigenvalue weighted by Gasteiger charge is 2.33. The maximum absolute atomic E-state index is 12.0. The number of nitrogens with zero attached hydrogens (tertiary/aromatic N) is 1. The number of aromatic nitrogens is 1. The number of ether oxygens (including phenoxy) is 1. The Hall–Kier alpha value is -1.88. The summed E-state index contributed by atoms with van der Waals surface area (Å²) < 4.78 is 5.08. The van der Waals surface area contributed by atoms with Gasteiger partial charge in [-0.3, -0.25) is 0 Å². The van der Waals surface area contributed by atoms with Gasteiger partial charge >= 0.3 is 11.1 Å². The molecule has 0 fully saturated rings. The molecule has 2 N–H and O–H groups in total. The molecule has 2 aromatic rings. The molecule has 0 saturated heterocycles. The average Bonchev–Trinajstić information content (AvgIpc) is 2.65. The standard InChI is InChI=1S/C13H14N2O2S/c1-3-17-12(16)11-9(2)15-13(14)18(11)10-7-5-4-6-8-10/h4-8H,3H2,1-2H3,(H-,14,15,16)/p+1. The highest BCUT2D eigenvalue weighted by Crippen LogP contribution is 2.42. The van der Waals surface area contributed by atoms with Crippen molar-refractivity contribution >= 4 is 21.6 Å². The van der Waals surface area contributed by atoms with Gasteiger partial charge in [0.25, 0.3) is 4.88 Å². The van der Waals surface area contributed by atoms with E-state index in [9.17, 15) is 4.79 Å². The van der Waals surface area contributed by atoms with Crippen molar-refractivity contribution in [3.8, 4) is 4.90 Å². The Morgan fingerprint density at radius 3 is 2.67 bits per heavy atom. The van der Waals surface area contributed by atoms with E-state index in [0.29, 0.717) is 22.3 Å². The second-order valence-electron chi connectivity index (χ2n) is 3.70. The molecule has 1 aromatic carbocycles. The van der Waals surface area contributed by atoms with Gasteiger partial charge in [0.05, 0.1) is 17.1 Å². The number of hydrogen-bond donors (Lipinski definition) is 1. The van der Waals surface area contributed by atoms with Crippen LogP contribution in [0.4, 0.5) is 5.13 Å². The van der Waals surface area contributed by atoms with E-state index >= 15 is 0 Å². The summed E-state index contributed by atoms with van der Waals surface area (Å²) in [5.41, 5.74) is 6.59. The molecule has 18 heavy (non-hydrogen) atoms. The van der Waals surface area contributed by atoms with Crippen molar-refractivity contribution in [2.75, 3.05) is 12.3 Å². The second kappa shape index (κ2) is 5.18. The molecule has 2 rings (SSSR count). The molecule has 0 amide bonds. The van der Waals surface area contributed by atoms with Crippen LogP contribution in [-0.2, 0) is 4.74 Å². The van der Waals surface area contributed by atoms with Gasteiger partial charge in [-0.2, -0.15) is 4.98 Å². The zero-order valence-corrected chi connectivity index (χ0v) is 11.2. The van der Waals surface area contributed by atoms with Crippen LogP contribution in [0, 0.1) is 6.92 Å². The minimum absolute atomic E-state index is 0.327. The fourth-order valence-corrected chi connectivity index (χ4v) is 3.65. The van der Waals surface area contributed by atoms with E-state index in [1.54, 1.807) is 13.8 Å². The maximum Gasteiger partial charge on any atom is 0.394 e. The van der Waals surface area contributed by atoms with Crippen LogP contribution in [0.3, 0.4) is 0 Å². The number of hydrogen-bond acceptors (Lipinski definition) is 4. The Labute approximate surface area is 108 Å². The van der Waals surface area contributed by atoms with E-state index in [2.05, 4.69) is 4.98 Å². The zero-order valence-electron chi connectivity index (χ0n) is 10.3. The smallest absolute Gasteiger partial charge is 0.394 e. The summed E-state index contributed by atoms with van der Waals surface area (Å²) in [5.74, 6) is -0.327. The molecular weight excluding hydrogens is 248 g/mol. The van der Waals surface area contributed by atoms with Crippen molar-refractivity contribution in [2.24, 2.45) is 0 Å². The molecule has 0 aliphatic carbocycles. The van der Waals surface area contributed by atoms with Crippen molar-refractivity contribution in [2.45, 2.75) is 13.8 Å². The molecule has 1 unspecified atom stereocenters. The fraction of sp³-hybridized carbons (Fsp3) is 0.231. The van der Waals surface area contributed by atoms with Gasteiger partial charge in [-0.15, -0.1) is 0 Å². The Balaban J connectivity index is 2.57. The van der Waals surface area contributed by atoms with Crippen molar-refractivity contribution in [3.05, 3.63) is 40.9 Å². The van der Waals surface area contributed by atoms with Crippen LogP contribution in [0.2, 0.25) is 0 Å². The van der Waals surface area contributed by atoms with Gasteiger partial charge in [0, 0.05) is 0 Å². The topological polar surface area (TPSA) is 65.2 Å². The molecular formula is C13H15N2O2S+. The van der Waals surface area contributed by atoms with Crippen LogP contribution < -0.4 is 5.73 Å². The average molecular weight is 263 g/mol. The van der Waals surface area contributed by atoms with Crippen molar-refractivity contribution in [1.29, 1.82) is 0 Å². The third kappa shape index (κ3) is 2.22. The SMILES string of the molecule is CCOC(=O)c1c(C)nc(N)[s+]1-c1ccccc1. The summed E-state index contributed by atoms with van der Waals surface area (Å²) in [6, 6.07) is 9.67. The van der Waals surface area contributed by atoms with Crippen molar-refractivity contribution in [3.63, 3.8) is 0 Å². The number of aryl methyl sites for hydroxylation is 1. The first-order chi connectivity index (χ1) is 8.65. The van der Waals surface area contributed by atoms with E-state index in [1.807, 2.05) is 30.3 Å². The van der Waals surface area contributed by atoms with Gasteiger partial charge in [0.1, 0.15) is 5.69 Å². The summed E-state index contributed by atoms with van der Waals surface area (Å²) in [5, 5.41) is 0.474. The molecule has 0 radical (unpaired) electrons. The Kier molecular flexibility index (Phi) is 3.62. The Morgan fingerprint density at radius 2 is 2.06 bits per heavy atom. The number of carbonyl (C=O) groups excluding carboxylic acids is 1. The molecule has 0 aliphatic heterocycles. The Bertz CT molecular complexity index is 564. The lowest BCUT2D eigenvalue weighted by Crippen LogP contribution is -2.05. The molecule has 1 atom stereocenters. The second-order valence-corrected chi connectivity index (χ2v) is 5.61. The third-order valence-electron chi connectivity index (χ3n) is 2.46. The fourth-order valence-electron chi connectivity index (χ4n) is 1.74. The van der Waals surface area contributed by atoms with Gasteiger partial charge in [-0.1, -0.05) is 18.2 Å². The van der Waals surface area contributed by atoms with Gasteiger partial charge in [-0.25, -0.2) is 4.79 Å². The van der Waals surface area contributed by atoms with E-state index in [1.165, 1.54) is 0 Å². The predicted octanol–water partition coefficient (Wildman–Crippen LogP) is 2.89. The number of anilines is 1. The van der Waals surface area contributed by atoms with Gasteiger partial charge < -0.3 is 10.5 Å². The van der Waals surface area contributed by atoms with Crippen LogP contribution in [0.5, 0.6) is 0 Å². The summed E-state index contributed by atoms with van der Waals surface area (Å²) >= 11 is 0. The lowest BCUT2D eigenvalue weighted by molar-refractivity contribution is 0.0531. The lowest BCUT2D eigenvalue weighted by atomic mass is 10.4. The zero-order chi connectivity index (χ0) is 13.1. The van der Waals surface area contributed by atoms with Crippen LogP contribution in [0.15, 0.2) is 30.3 Å². The number of benzene rings is 1. The minimum atomic E-state index is -0.602. The highest BCUT2D eigenvalue weighted by atomic mass is 32.2. The number of thiazole rings is 1. The van der Waals surface area contributed by atoms with Gasteiger partial charge in [0.2, 0.25) is 0 Å². The number of nitrogen functional groups attached to an aromatic ring is 1. The van der Waals surface area contributed by atoms with Crippen LogP contribution in [0.1, 0.15) is 22.3 Å². The van der Waals surface area contributed by atoms with E-state index < -0.39 is 10.5 Å². The monoisotopic (exact) mass is 263 g/mol. The minimum Gasteiger partial charge on any atom is -0.459 e. The van der Waals surface area contributed by atoms with E-state index in [4.69, 9.17) is 10.5 Å². The summed E-state index contributed by atoms with van der Waals surface area (Å²) in [7, 11) is -0.602. The van der Waals surface area contributed by atoms with Crippen LogP contribution >= 0.6 is 10.5 Å². The Morgan fingerprint density at radius 1 is 1.39 bits per heavy atom. The number of esters is 1. The van der Waals surface area contributed by atoms with Crippen LogP contribution in [0.25, 0.3) is 4.90 Å². The summed E-state index contributed by atoms with van der Waals surface area (Å²) in [6.07, 6.45) is 0. The predicted molar refractivity (Wildman–Crippen MR) is 73.2 cm³/mol. The molecule has 0 aliphatic rings. The molecule has 0 bridgehead atoms. The number of carbonyl (C=O) groups is 1.